The molecule has 1 amide bonds. The first-order valence-corrected chi connectivity index (χ1v) is 8.46. The average Bonchev–Trinajstić information content (AvgIpc) is 3.16. The summed E-state index contributed by atoms with van der Waals surface area (Å²) in [5.74, 6) is 0.293. The second-order valence-corrected chi connectivity index (χ2v) is 6.76. The number of H-pyrrole nitrogens is 1. The smallest absolute Gasteiger partial charge is 0.342 e. The fraction of sp³-hybridized carbons (Fsp3) is 0.333. The van der Waals surface area contributed by atoms with Crippen molar-refractivity contribution in [2.45, 2.75) is 26.7 Å². The van der Waals surface area contributed by atoms with Crippen LogP contribution in [0.5, 0.6) is 0 Å². The molecular weight excluding hydrogens is 334 g/mol. The lowest BCUT2D eigenvalue weighted by molar-refractivity contribution is 0.0487. The Morgan fingerprint density at radius 1 is 1.31 bits per heavy atom. The Kier molecular flexibility index (Phi) is 3.75. The van der Waals surface area contributed by atoms with Crippen LogP contribution >= 0.6 is 0 Å². The molecule has 26 heavy (non-hydrogen) atoms. The molecule has 1 aliphatic rings. The molecule has 2 heterocycles. The molecule has 4 rings (SSSR count). The zero-order valence-corrected chi connectivity index (χ0v) is 14.6. The monoisotopic (exact) mass is 353 g/mol. The first kappa shape index (κ1) is 16.3. The van der Waals surface area contributed by atoms with Gasteiger partial charge in [0.05, 0.1) is 23.8 Å². The van der Waals surface area contributed by atoms with Gasteiger partial charge in [0.1, 0.15) is 11.3 Å². The fourth-order valence-corrected chi connectivity index (χ4v) is 2.75. The van der Waals surface area contributed by atoms with Crippen molar-refractivity contribution in [3.8, 4) is 11.5 Å². The summed E-state index contributed by atoms with van der Waals surface area (Å²) < 4.78 is 6.26. The van der Waals surface area contributed by atoms with Gasteiger partial charge in [-0.3, -0.25) is 0 Å². The van der Waals surface area contributed by atoms with Crippen LogP contribution < -0.4 is 5.73 Å². The van der Waals surface area contributed by atoms with Crippen LogP contribution in [0.3, 0.4) is 0 Å². The maximum absolute atomic E-state index is 12.5. The number of benzene rings is 1. The molecule has 0 unspecified atom stereocenters. The highest BCUT2D eigenvalue weighted by Crippen LogP contribution is 2.30. The van der Waals surface area contributed by atoms with Crippen LogP contribution in [0.25, 0.3) is 22.6 Å². The van der Waals surface area contributed by atoms with Crippen LogP contribution in [0.2, 0.25) is 0 Å². The van der Waals surface area contributed by atoms with E-state index in [-0.39, 0.29) is 11.3 Å². The molecule has 1 fully saturated rings. The third-order valence-corrected chi connectivity index (χ3v) is 4.63. The number of rotatable bonds is 4. The zero-order chi connectivity index (χ0) is 18.4. The summed E-state index contributed by atoms with van der Waals surface area (Å²) in [5, 5.41) is 4.13. The van der Waals surface area contributed by atoms with Crippen LogP contribution in [0.4, 0.5) is 4.79 Å². The van der Waals surface area contributed by atoms with E-state index in [9.17, 15) is 9.59 Å². The number of nitrogens with one attached hydrogen (secondary N) is 1. The molecule has 2 aromatic heterocycles. The Balaban J connectivity index is 1.76. The topological polar surface area (TPSA) is 116 Å². The highest BCUT2D eigenvalue weighted by molar-refractivity contribution is 5.97. The average molecular weight is 353 g/mol. The van der Waals surface area contributed by atoms with Crippen molar-refractivity contribution < 1.29 is 14.3 Å². The molecule has 134 valence electrons. The number of nitrogens with zero attached hydrogens (tertiary/aromatic N) is 3. The first-order valence-electron chi connectivity index (χ1n) is 8.46. The number of amides is 1. The number of carbonyl (C=O) groups is 2. The van der Waals surface area contributed by atoms with Crippen molar-refractivity contribution >= 4 is 23.0 Å². The first-order chi connectivity index (χ1) is 12.4. The minimum absolute atomic E-state index is 0.164. The molecular formula is C18H19N5O3. The van der Waals surface area contributed by atoms with E-state index in [0.29, 0.717) is 18.3 Å². The maximum atomic E-state index is 12.5. The number of fused-ring (bicyclic) bond motifs is 1. The predicted octanol–water partition coefficient (Wildman–Crippen LogP) is 2.54. The third kappa shape index (κ3) is 2.94. The van der Waals surface area contributed by atoms with E-state index in [0.717, 1.165) is 39.7 Å². The fourth-order valence-electron chi connectivity index (χ4n) is 2.75. The number of hydrogen-bond donors (Lipinski definition) is 2. The van der Waals surface area contributed by atoms with Crippen molar-refractivity contribution in [2.24, 2.45) is 11.7 Å². The van der Waals surface area contributed by atoms with Crippen LogP contribution in [0.15, 0.2) is 18.3 Å². The number of aryl methyl sites for hydroxylation is 2. The molecule has 1 aliphatic carbocycles. The van der Waals surface area contributed by atoms with Gasteiger partial charge in [0.25, 0.3) is 0 Å². The minimum atomic E-state index is -0.782. The van der Waals surface area contributed by atoms with Gasteiger partial charge in [0.2, 0.25) is 0 Å². The molecule has 3 aromatic rings. The molecule has 0 spiro atoms. The lowest BCUT2D eigenvalue weighted by atomic mass is 10.1. The van der Waals surface area contributed by atoms with Crippen molar-refractivity contribution in [2.75, 3.05) is 6.61 Å². The van der Waals surface area contributed by atoms with Crippen LogP contribution in [0.1, 0.15) is 34.3 Å². The summed E-state index contributed by atoms with van der Waals surface area (Å²) >= 11 is 0. The van der Waals surface area contributed by atoms with Gasteiger partial charge in [0, 0.05) is 0 Å². The van der Waals surface area contributed by atoms with Gasteiger partial charge in [-0.05, 0) is 55.9 Å². The van der Waals surface area contributed by atoms with Crippen molar-refractivity contribution in [3.63, 3.8) is 0 Å². The molecule has 0 saturated heterocycles. The predicted molar refractivity (Wildman–Crippen MR) is 94.8 cm³/mol. The lowest BCUT2D eigenvalue weighted by Gasteiger charge is -2.02. The van der Waals surface area contributed by atoms with Gasteiger partial charge < -0.3 is 15.5 Å². The van der Waals surface area contributed by atoms with Gasteiger partial charge in [0.15, 0.2) is 5.82 Å². The van der Waals surface area contributed by atoms with E-state index in [2.05, 4.69) is 15.1 Å². The number of ether oxygens (including phenoxy) is 1. The highest BCUT2D eigenvalue weighted by atomic mass is 16.5. The van der Waals surface area contributed by atoms with E-state index in [1.54, 1.807) is 0 Å². The highest BCUT2D eigenvalue weighted by Gasteiger charge is 2.27. The number of nitrogens with two attached hydrogens (primary N) is 1. The summed E-state index contributed by atoms with van der Waals surface area (Å²) in [6, 6.07) is 3.16. The van der Waals surface area contributed by atoms with E-state index in [1.807, 2.05) is 26.0 Å². The number of carbonyl (C=O) groups excluding carboxylic acids is 2. The van der Waals surface area contributed by atoms with Gasteiger partial charge in [-0.15, -0.1) is 0 Å². The number of imidazole rings is 1. The Labute approximate surface area is 149 Å². The van der Waals surface area contributed by atoms with Crippen LogP contribution in [-0.4, -0.2) is 38.4 Å². The molecule has 1 aromatic carbocycles. The van der Waals surface area contributed by atoms with E-state index in [1.165, 1.54) is 6.20 Å². The number of primary amides is 1. The van der Waals surface area contributed by atoms with Gasteiger partial charge in [-0.1, -0.05) is 0 Å². The molecule has 3 N–H and O–H groups in total. The molecule has 1 saturated carbocycles. The second kappa shape index (κ2) is 5.98. The zero-order valence-electron chi connectivity index (χ0n) is 14.6. The molecule has 8 nitrogen and oxygen atoms in total. The van der Waals surface area contributed by atoms with E-state index >= 15 is 0 Å². The Bertz CT molecular complexity index is 990. The number of hydrogen-bond acceptors (Lipinski definition) is 5. The summed E-state index contributed by atoms with van der Waals surface area (Å²) in [7, 11) is 0. The Morgan fingerprint density at radius 3 is 2.73 bits per heavy atom. The summed E-state index contributed by atoms with van der Waals surface area (Å²) in [4.78, 5) is 31.6. The summed E-state index contributed by atoms with van der Waals surface area (Å²) in [6.07, 6.45) is 3.43. The molecule has 0 radical (unpaired) electrons. The SMILES string of the molecule is Cc1cc2nc(-c3nn(C(N)=O)cc3C(=O)OCC3CC3)[nH]c2cc1C. The molecule has 0 aliphatic heterocycles. The van der Waals surface area contributed by atoms with Gasteiger partial charge in [-0.2, -0.15) is 9.78 Å². The second-order valence-electron chi connectivity index (χ2n) is 6.76. The minimum Gasteiger partial charge on any atom is -0.462 e. The van der Waals surface area contributed by atoms with Crippen LogP contribution in [0, 0.1) is 19.8 Å². The van der Waals surface area contributed by atoms with Crippen molar-refractivity contribution in [3.05, 3.63) is 35.0 Å². The molecule has 0 bridgehead atoms. The quantitative estimate of drug-likeness (QED) is 0.699. The maximum Gasteiger partial charge on any atom is 0.342 e. The molecule has 0 atom stereocenters. The van der Waals surface area contributed by atoms with E-state index < -0.39 is 12.0 Å². The largest absolute Gasteiger partial charge is 0.462 e. The number of aromatic nitrogens is 4. The Hall–Kier alpha value is -3.16. The number of aromatic amines is 1. The number of esters is 1. The van der Waals surface area contributed by atoms with Crippen molar-refractivity contribution in [1.29, 1.82) is 0 Å². The third-order valence-electron chi connectivity index (χ3n) is 4.63. The van der Waals surface area contributed by atoms with E-state index in [4.69, 9.17) is 10.5 Å². The summed E-state index contributed by atoms with van der Waals surface area (Å²) in [6.45, 7) is 4.39. The normalized spacial score (nSPS) is 13.9. The van der Waals surface area contributed by atoms with Crippen molar-refractivity contribution in [1.82, 2.24) is 19.7 Å². The standard InChI is InChI=1S/C18H19N5O3/c1-9-5-13-14(6-10(9)2)21-16(20-13)15-12(7-23(22-15)18(19)25)17(24)26-8-11-3-4-11/h5-7,11H,3-4,8H2,1-2H3,(H2,19,25)(H,20,21). The van der Waals surface area contributed by atoms with Gasteiger partial charge in [-0.25, -0.2) is 14.6 Å². The lowest BCUT2D eigenvalue weighted by Crippen LogP contribution is -2.19. The summed E-state index contributed by atoms with van der Waals surface area (Å²) in [5.41, 5.74) is 9.53. The Morgan fingerprint density at radius 2 is 2.04 bits per heavy atom. The van der Waals surface area contributed by atoms with Gasteiger partial charge >= 0.3 is 12.0 Å². The molecule has 8 heteroatoms. The van der Waals surface area contributed by atoms with Crippen LogP contribution in [-0.2, 0) is 4.74 Å².